The van der Waals surface area contributed by atoms with Gasteiger partial charge in [0.05, 0.1) is 5.54 Å². The Bertz CT molecular complexity index is 408. The predicted molar refractivity (Wildman–Crippen MR) is 74.0 cm³/mol. The standard InChI is InChI=1S/C15H22N2/c1-14(2)11-15(3,10-9-13(14)16)17-12-7-5-4-6-8-12/h4-10,13,17H,11,16H2,1-3H3. The largest absolute Gasteiger partial charge is 0.376 e. The van der Waals surface area contributed by atoms with Gasteiger partial charge in [0.25, 0.3) is 0 Å². The summed E-state index contributed by atoms with van der Waals surface area (Å²) in [4.78, 5) is 0. The molecule has 2 heteroatoms. The summed E-state index contributed by atoms with van der Waals surface area (Å²) in [5.74, 6) is 0. The molecule has 2 atom stereocenters. The van der Waals surface area contributed by atoms with Crippen molar-refractivity contribution >= 4 is 5.69 Å². The fourth-order valence-electron chi connectivity index (χ4n) is 2.64. The van der Waals surface area contributed by atoms with Gasteiger partial charge < -0.3 is 11.1 Å². The van der Waals surface area contributed by atoms with Crippen molar-refractivity contribution in [1.29, 1.82) is 0 Å². The van der Waals surface area contributed by atoms with Crippen molar-refractivity contribution < 1.29 is 0 Å². The lowest BCUT2D eigenvalue weighted by Gasteiger charge is -2.43. The monoisotopic (exact) mass is 230 g/mol. The molecule has 2 nitrogen and oxygen atoms in total. The number of hydrogen-bond donors (Lipinski definition) is 2. The minimum absolute atomic E-state index is 0.0132. The first-order chi connectivity index (χ1) is 7.91. The molecule has 0 radical (unpaired) electrons. The van der Waals surface area contributed by atoms with Crippen LogP contribution in [0.4, 0.5) is 5.69 Å². The second-order valence-corrected chi connectivity index (χ2v) is 5.96. The van der Waals surface area contributed by atoms with E-state index in [-0.39, 0.29) is 17.0 Å². The van der Waals surface area contributed by atoms with Crippen LogP contribution in [-0.4, -0.2) is 11.6 Å². The van der Waals surface area contributed by atoms with Crippen molar-refractivity contribution in [1.82, 2.24) is 0 Å². The lowest BCUT2D eigenvalue weighted by atomic mass is 9.70. The third kappa shape index (κ3) is 2.70. The van der Waals surface area contributed by atoms with Gasteiger partial charge in [0.1, 0.15) is 0 Å². The Kier molecular flexibility index (Phi) is 3.00. The highest BCUT2D eigenvalue weighted by Crippen LogP contribution is 2.37. The van der Waals surface area contributed by atoms with Crippen LogP contribution in [0.3, 0.4) is 0 Å². The van der Waals surface area contributed by atoms with Crippen LogP contribution in [0.5, 0.6) is 0 Å². The maximum Gasteiger partial charge on any atom is 0.0534 e. The average molecular weight is 230 g/mol. The second-order valence-electron chi connectivity index (χ2n) is 5.96. The van der Waals surface area contributed by atoms with E-state index in [9.17, 15) is 0 Å². The SMILES string of the molecule is CC1(Nc2ccccc2)C=CC(N)C(C)(C)C1. The molecule has 0 fully saturated rings. The molecule has 2 unspecified atom stereocenters. The maximum atomic E-state index is 6.11. The summed E-state index contributed by atoms with van der Waals surface area (Å²) in [5, 5.41) is 3.59. The van der Waals surface area contributed by atoms with Gasteiger partial charge >= 0.3 is 0 Å². The second kappa shape index (κ2) is 4.19. The fourth-order valence-corrected chi connectivity index (χ4v) is 2.64. The van der Waals surface area contributed by atoms with Gasteiger partial charge in [-0.1, -0.05) is 44.2 Å². The Labute approximate surface area is 104 Å². The van der Waals surface area contributed by atoms with Crippen LogP contribution in [0.25, 0.3) is 0 Å². The van der Waals surface area contributed by atoms with Gasteiger partial charge in [-0.05, 0) is 30.9 Å². The van der Waals surface area contributed by atoms with E-state index in [0.29, 0.717) is 0 Å². The first-order valence-corrected chi connectivity index (χ1v) is 6.20. The summed E-state index contributed by atoms with van der Waals surface area (Å²) < 4.78 is 0. The number of nitrogens with one attached hydrogen (secondary N) is 1. The van der Waals surface area contributed by atoms with Gasteiger partial charge in [-0.2, -0.15) is 0 Å². The number of anilines is 1. The smallest absolute Gasteiger partial charge is 0.0534 e. The average Bonchev–Trinajstić information content (AvgIpc) is 2.25. The van der Waals surface area contributed by atoms with Crippen molar-refractivity contribution in [3.8, 4) is 0 Å². The predicted octanol–water partition coefficient (Wildman–Crippen LogP) is 3.17. The molecule has 1 aliphatic rings. The highest BCUT2D eigenvalue weighted by atomic mass is 15.0. The molecule has 0 amide bonds. The van der Waals surface area contributed by atoms with Crippen molar-refractivity contribution in [3.63, 3.8) is 0 Å². The molecule has 2 rings (SSSR count). The van der Waals surface area contributed by atoms with Gasteiger partial charge in [0, 0.05) is 11.7 Å². The molecule has 3 N–H and O–H groups in total. The highest BCUT2D eigenvalue weighted by molar-refractivity contribution is 5.47. The van der Waals surface area contributed by atoms with Crippen molar-refractivity contribution in [2.24, 2.45) is 11.1 Å². The van der Waals surface area contributed by atoms with Crippen molar-refractivity contribution in [2.75, 3.05) is 5.32 Å². The summed E-state index contributed by atoms with van der Waals surface area (Å²) in [6, 6.07) is 10.5. The van der Waals surface area contributed by atoms with Gasteiger partial charge in [-0.3, -0.25) is 0 Å². The lowest BCUT2D eigenvalue weighted by molar-refractivity contribution is 0.243. The number of hydrogen-bond acceptors (Lipinski definition) is 2. The first-order valence-electron chi connectivity index (χ1n) is 6.20. The zero-order valence-electron chi connectivity index (χ0n) is 10.9. The maximum absolute atomic E-state index is 6.11. The zero-order valence-corrected chi connectivity index (χ0v) is 10.9. The number of para-hydroxylation sites is 1. The Balaban J connectivity index is 2.18. The molecule has 0 saturated heterocycles. The van der Waals surface area contributed by atoms with Gasteiger partial charge in [-0.25, -0.2) is 0 Å². The number of rotatable bonds is 2. The Morgan fingerprint density at radius 3 is 2.41 bits per heavy atom. The van der Waals surface area contributed by atoms with Crippen LogP contribution in [-0.2, 0) is 0 Å². The summed E-state index contributed by atoms with van der Waals surface area (Å²) in [6.07, 6.45) is 5.36. The van der Waals surface area contributed by atoms with E-state index in [1.807, 2.05) is 6.07 Å². The third-order valence-corrected chi connectivity index (χ3v) is 3.60. The summed E-state index contributed by atoms with van der Waals surface area (Å²) in [7, 11) is 0. The van der Waals surface area contributed by atoms with Crippen molar-refractivity contribution in [2.45, 2.75) is 38.8 Å². The summed E-state index contributed by atoms with van der Waals surface area (Å²) in [5.41, 5.74) is 7.39. The molecule has 0 aliphatic heterocycles. The molecule has 0 heterocycles. The zero-order chi connectivity index (χ0) is 12.5. The molecule has 1 aromatic carbocycles. The number of benzene rings is 1. The van der Waals surface area contributed by atoms with Crippen molar-refractivity contribution in [3.05, 3.63) is 42.5 Å². The Morgan fingerprint density at radius 2 is 1.82 bits per heavy atom. The molecule has 17 heavy (non-hydrogen) atoms. The number of nitrogens with two attached hydrogens (primary N) is 1. The normalized spacial score (nSPS) is 31.2. The van der Waals surface area contributed by atoms with Gasteiger partial charge in [0.15, 0.2) is 0 Å². The Morgan fingerprint density at radius 1 is 1.18 bits per heavy atom. The van der Waals surface area contributed by atoms with E-state index >= 15 is 0 Å². The molecule has 0 spiro atoms. The quantitative estimate of drug-likeness (QED) is 0.766. The van der Waals surface area contributed by atoms with Crippen LogP contribution in [0.15, 0.2) is 42.5 Å². The Hall–Kier alpha value is -1.28. The molecule has 1 aliphatic carbocycles. The molecule has 0 aromatic heterocycles. The topological polar surface area (TPSA) is 38.0 Å². The van der Waals surface area contributed by atoms with Gasteiger partial charge in [-0.15, -0.1) is 0 Å². The first kappa shape index (κ1) is 12.2. The van der Waals surface area contributed by atoms with Gasteiger partial charge in [0.2, 0.25) is 0 Å². The van der Waals surface area contributed by atoms with Crippen LogP contribution >= 0.6 is 0 Å². The van der Waals surface area contributed by atoms with E-state index in [1.54, 1.807) is 0 Å². The fraction of sp³-hybridized carbons (Fsp3) is 0.467. The van der Waals surface area contributed by atoms with E-state index in [1.165, 1.54) is 0 Å². The van der Waals surface area contributed by atoms with E-state index in [2.05, 4.69) is 62.5 Å². The van der Waals surface area contributed by atoms with E-state index < -0.39 is 0 Å². The molecule has 0 bridgehead atoms. The summed E-state index contributed by atoms with van der Waals surface area (Å²) >= 11 is 0. The molecule has 92 valence electrons. The minimum atomic E-state index is -0.0132. The van der Waals surface area contributed by atoms with Crippen LogP contribution in [0.1, 0.15) is 27.2 Å². The van der Waals surface area contributed by atoms with Crippen LogP contribution in [0.2, 0.25) is 0 Å². The summed E-state index contributed by atoms with van der Waals surface area (Å²) in [6.45, 7) is 6.68. The molecule has 0 saturated carbocycles. The third-order valence-electron chi connectivity index (χ3n) is 3.60. The molecular formula is C15H22N2. The lowest BCUT2D eigenvalue weighted by Crippen LogP contribution is -2.48. The van der Waals surface area contributed by atoms with E-state index in [0.717, 1.165) is 12.1 Å². The van der Waals surface area contributed by atoms with E-state index in [4.69, 9.17) is 5.73 Å². The van der Waals surface area contributed by atoms with Crippen LogP contribution in [0, 0.1) is 5.41 Å². The molecular weight excluding hydrogens is 208 g/mol. The molecule has 1 aromatic rings. The highest BCUT2D eigenvalue weighted by Gasteiger charge is 2.37. The minimum Gasteiger partial charge on any atom is -0.376 e. The van der Waals surface area contributed by atoms with Crippen LogP contribution < -0.4 is 11.1 Å².